The zero-order valence-corrected chi connectivity index (χ0v) is 16.5. The minimum absolute atomic E-state index is 0.310. The van der Waals surface area contributed by atoms with Gasteiger partial charge in [0.25, 0.3) is 0 Å². The SMILES string of the molecule is CC(=O)Oc1cc2ccc3ccccc3c2c2cc3c(ccc4ccccc43)cc12. The maximum Gasteiger partial charge on any atom is 0.308 e. The second-order valence-corrected chi connectivity index (χ2v) is 7.76. The Hall–Kier alpha value is -3.91. The van der Waals surface area contributed by atoms with Crippen LogP contribution in [0.25, 0.3) is 53.9 Å². The number of esters is 1. The second kappa shape index (κ2) is 6.30. The van der Waals surface area contributed by atoms with E-state index in [0.717, 1.165) is 21.5 Å². The molecule has 6 aromatic rings. The lowest BCUT2D eigenvalue weighted by molar-refractivity contribution is -0.131. The normalized spacial score (nSPS) is 11.6. The largest absolute Gasteiger partial charge is 0.426 e. The van der Waals surface area contributed by atoms with E-state index < -0.39 is 0 Å². The highest BCUT2D eigenvalue weighted by Crippen LogP contribution is 2.40. The maximum atomic E-state index is 11.8. The lowest BCUT2D eigenvalue weighted by Crippen LogP contribution is -2.02. The lowest BCUT2D eigenvalue weighted by atomic mass is 9.92. The fraction of sp³-hybridized carbons (Fsp3) is 0.0357. The molecule has 0 bridgehead atoms. The van der Waals surface area contributed by atoms with Crippen LogP contribution in [0.5, 0.6) is 5.75 Å². The summed E-state index contributed by atoms with van der Waals surface area (Å²) in [7, 11) is 0. The van der Waals surface area contributed by atoms with E-state index in [0.29, 0.717) is 5.75 Å². The summed E-state index contributed by atoms with van der Waals surface area (Å²) >= 11 is 0. The van der Waals surface area contributed by atoms with Crippen molar-refractivity contribution in [2.45, 2.75) is 6.92 Å². The first-order valence-corrected chi connectivity index (χ1v) is 10.1. The van der Waals surface area contributed by atoms with Crippen molar-refractivity contribution < 1.29 is 9.53 Å². The highest BCUT2D eigenvalue weighted by molar-refractivity contribution is 6.25. The molecule has 6 rings (SSSR count). The zero-order chi connectivity index (χ0) is 20.2. The van der Waals surface area contributed by atoms with Gasteiger partial charge in [0.1, 0.15) is 5.75 Å². The van der Waals surface area contributed by atoms with Crippen LogP contribution in [0.1, 0.15) is 6.92 Å². The third-order valence-electron chi connectivity index (χ3n) is 5.92. The van der Waals surface area contributed by atoms with Gasteiger partial charge < -0.3 is 4.74 Å². The van der Waals surface area contributed by atoms with Crippen LogP contribution in [0.4, 0.5) is 0 Å². The lowest BCUT2D eigenvalue weighted by Gasteiger charge is -2.14. The van der Waals surface area contributed by atoms with Crippen LogP contribution in [0.3, 0.4) is 0 Å². The monoisotopic (exact) mass is 386 g/mol. The molecule has 0 saturated carbocycles. The molecule has 2 nitrogen and oxygen atoms in total. The predicted octanol–water partition coefficient (Wildman–Crippen LogP) is 7.38. The first kappa shape index (κ1) is 17.0. The fourth-order valence-corrected chi connectivity index (χ4v) is 4.63. The Bertz CT molecular complexity index is 1640. The molecule has 0 atom stereocenters. The van der Waals surface area contributed by atoms with E-state index in [4.69, 9.17) is 4.74 Å². The quantitative estimate of drug-likeness (QED) is 0.128. The maximum absolute atomic E-state index is 11.8. The topological polar surface area (TPSA) is 26.3 Å². The standard InChI is InChI=1S/C28H18O2/c1-17(29)30-27-15-21-13-11-19-7-3-5-9-23(19)28(21)26-16-24-20(14-25(26)27)12-10-18-6-2-4-8-22(18)24/h2-16H,1H3. The van der Waals surface area contributed by atoms with Crippen molar-refractivity contribution in [3.05, 3.63) is 91.0 Å². The Balaban J connectivity index is 1.88. The third kappa shape index (κ3) is 2.47. The molecule has 0 radical (unpaired) electrons. The Morgan fingerprint density at radius 1 is 0.567 bits per heavy atom. The van der Waals surface area contributed by atoms with Crippen molar-refractivity contribution in [2.75, 3.05) is 0 Å². The van der Waals surface area contributed by atoms with Crippen LogP contribution in [0.2, 0.25) is 0 Å². The molecule has 0 aliphatic heterocycles. The summed E-state index contributed by atoms with van der Waals surface area (Å²) in [6.45, 7) is 1.45. The number of hydrogen-bond donors (Lipinski definition) is 0. The summed E-state index contributed by atoms with van der Waals surface area (Å²) in [6.07, 6.45) is 0. The van der Waals surface area contributed by atoms with Gasteiger partial charge in [-0.05, 0) is 66.7 Å². The number of carbonyl (C=O) groups excluding carboxylic acids is 1. The first-order valence-electron chi connectivity index (χ1n) is 10.1. The van der Waals surface area contributed by atoms with Crippen molar-refractivity contribution in [3.63, 3.8) is 0 Å². The van der Waals surface area contributed by atoms with Crippen molar-refractivity contribution >= 4 is 59.8 Å². The molecule has 0 spiro atoms. The van der Waals surface area contributed by atoms with E-state index in [1.165, 1.54) is 39.2 Å². The summed E-state index contributed by atoms with van der Waals surface area (Å²) in [5.41, 5.74) is 0. The van der Waals surface area contributed by atoms with Crippen molar-refractivity contribution in [3.8, 4) is 5.75 Å². The van der Waals surface area contributed by atoms with Gasteiger partial charge in [-0.1, -0.05) is 72.8 Å². The van der Waals surface area contributed by atoms with Crippen LogP contribution >= 0.6 is 0 Å². The summed E-state index contributed by atoms with van der Waals surface area (Å²) in [4.78, 5) is 11.8. The van der Waals surface area contributed by atoms with Gasteiger partial charge in [-0.25, -0.2) is 0 Å². The van der Waals surface area contributed by atoms with Crippen LogP contribution in [0.15, 0.2) is 91.0 Å². The molecule has 2 heteroatoms. The minimum atomic E-state index is -0.310. The van der Waals surface area contributed by atoms with Gasteiger partial charge >= 0.3 is 5.97 Å². The molecule has 0 fully saturated rings. The molecule has 142 valence electrons. The number of rotatable bonds is 1. The van der Waals surface area contributed by atoms with Gasteiger partial charge in [-0.2, -0.15) is 0 Å². The molecular weight excluding hydrogens is 368 g/mol. The van der Waals surface area contributed by atoms with Crippen LogP contribution < -0.4 is 4.74 Å². The van der Waals surface area contributed by atoms with Gasteiger partial charge in [-0.15, -0.1) is 0 Å². The van der Waals surface area contributed by atoms with Gasteiger partial charge in [0.2, 0.25) is 0 Å². The minimum Gasteiger partial charge on any atom is -0.426 e. The van der Waals surface area contributed by atoms with Crippen molar-refractivity contribution in [2.24, 2.45) is 0 Å². The molecule has 0 amide bonds. The van der Waals surface area contributed by atoms with E-state index in [2.05, 4.69) is 84.9 Å². The van der Waals surface area contributed by atoms with E-state index in [-0.39, 0.29) is 5.97 Å². The summed E-state index contributed by atoms with van der Waals surface area (Å²) in [5.74, 6) is 0.297. The Morgan fingerprint density at radius 2 is 1.20 bits per heavy atom. The molecule has 0 saturated heterocycles. The molecule has 6 aromatic carbocycles. The molecule has 0 N–H and O–H groups in total. The zero-order valence-electron chi connectivity index (χ0n) is 16.5. The molecule has 30 heavy (non-hydrogen) atoms. The Morgan fingerprint density at radius 3 is 1.97 bits per heavy atom. The van der Waals surface area contributed by atoms with Crippen molar-refractivity contribution in [1.82, 2.24) is 0 Å². The van der Waals surface area contributed by atoms with Gasteiger partial charge in [0.15, 0.2) is 0 Å². The molecular formula is C28H18O2. The Labute approximate surface area is 173 Å². The number of benzene rings is 6. The van der Waals surface area contributed by atoms with Gasteiger partial charge in [0, 0.05) is 12.3 Å². The molecule has 0 heterocycles. The van der Waals surface area contributed by atoms with Crippen LogP contribution in [0, 0.1) is 0 Å². The summed E-state index contributed by atoms with van der Waals surface area (Å²) < 4.78 is 5.65. The number of carbonyl (C=O) groups is 1. The first-order chi connectivity index (χ1) is 14.7. The Kier molecular flexibility index (Phi) is 3.57. The molecule has 0 aliphatic carbocycles. The van der Waals surface area contributed by atoms with E-state index >= 15 is 0 Å². The van der Waals surface area contributed by atoms with Crippen LogP contribution in [-0.4, -0.2) is 5.97 Å². The molecule has 0 aromatic heterocycles. The van der Waals surface area contributed by atoms with E-state index in [9.17, 15) is 4.79 Å². The summed E-state index contributed by atoms with van der Waals surface area (Å²) in [6, 6.07) is 31.8. The van der Waals surface area contributed by atoms with Crippen molar-refractivity contribution in [1.29, 1.82) is 0 Å². The van der Waals surface area contributed by atoms with E-state index in [1.54, 1.807) is 0 Å². The van der Waals surface area contributed by atoms with Crippen LogP contribution in [-0.2, 0) is 4.79 Å². The smallest absolute Gasteiger partial charge is 0.308 e. The van der Waals surface area contributed by atoms with Gasteiger partial charge in [0.05, 0.1) is 0 Å². The second-order valence-electron chi connectivity index (χ2n) is 7.76. The van der Waals surface area contributed by atoms with Gasteiger partial charge in [-0.3, -0.25) is 4.79 Å². The molecule has 0 aliphatic rings. The molecule has 0 unspecified atom stereocenters. The highest BCUT2D eigenvalue weighted by atomic mass is 16.5. The highest BCUT2D eigenvalue weighted by Gasteiger charge is 2.14. The fourth-order valence-electron chi connectivity index (χ4n) is 4.63. The number of fused-ring (bicyclic) bond motifs is 8. The number of ether oxygens (including phenoxy) is 1. The number of hydrogen-bond acceptors (Lipinski definition) is 2. The summed E-state index contributed by atoms with van der Waals surface area (Å²) in [5, 5.41) is 11.5. The predicted molar refractivity (Wildman–Crippen MR) is 125 cm³/mol. The third-order valence-corrected chi connectivity index (χ3v) is 5.92. The average molecular weight is 386 g/mol. The average Bonchev–Trinajstić information content (AvgIpc) is 2.77. The van der Waals surface area contributed by atoms with E-state index in [1.807, 2.05) is 6.07 Å².